The minimum Gasteiger partial charge on any atom is -0.478 e. The maximum Gasteiger partial charge on any atom is 0.418 e. The maximum atomic E-state index is 12.8. The molecule has 0 aliphatic rings. The minimum atomic E-state index is -4.69. The van der Waals surface area contributed by atoms with Gasteiger partial charge in [-0.1, -0.05) is 6.07 Å². The molecule has 0 amide bonds. The van der Waals surface area contributed by atoms with Gasteiger partial charge in [-0.15, -0.1) is 11.6 Å². The third kappa shape index (κ3) is 4.00. The van der Waals surface area contributed by atoms with Crippen LogP contribution in [-0.4, -0.2) is 34.7 Å². The molecule has 0 saturated heterocycles. The molecule has 1 aromatic rings. The van der Waals surface area contributed by atoms with E-state index in [1.807, 2.05) is 0 Å². The Morgan fingerprint density at radius 1 is 1.42 bits per heavy atom. The van der Waals surface area contributed by atoms with Gasteiger partial charge in [-0.05, 0) is 12.1 Å². The lowest BCUT2D eigenvalue weighted by Crippen LogP contribution is -2.24. The van der Waals surface area contributed by atoms with Crippen molar-refractivity contribution in [2.24, 2.45) is 0 Å². The van der Waals surface area contributed by atoms with Crippen LogP contribution in [0.5, 0.6) is 0 Å². The van der Waals surface area contributed by atoms with Crippen molar-refractivity contribution in [2.75, 3.05) is 17.7 Å². The summed E-state index contributed by atoms with van der Waals surface area (Å²) in [6, 6.07) is 2.82. The summed E-state index contributed by atoms with van der Waals surface area (Å²) in [6.07, 6.45) is -5.77. The first-order valence-electron chi connectivity index (χ1n) is 5.18. The fraction of sp³-hybridized carbons (Fsp3) is 0.364. The fourth-order valence-corrected chi connectivity index (χ4v) is 1.54. The van der Waals surface area contributed by atoms with E-state index in [2.05, 4.69) is 5.32 Å². The van der Waals surface area contributed by atoms with Gasteiger partial charge in [0, 0.05) is 6.54 Å². The molecule has 0 heterocycles. The van der Waals surface area contributed by atoms with E-state index < -0.39 is 35.1 Å². The molecular weight excluding hydrogens is 287 g/mol. The van der Waals surface area contributed by atoms with E-state index in [0.29, 0.717) is 0 Å². The molecule has 0 aliphatic heterocycles. The SMILES string of the molecule is O=C(O)c1cccc(C(F)(F)F)c1NCC(O)CCl. The van der Waals surface area contributed by atoms with Gasteiger partial charge in [0.15, 0.2) is 0 Å². The molecule has 1 atom stereocenters. The average Bonchev–Trinajstić information content (AvgIpc) is 2.34. The molecule has 1 unspecified atom stereocenters. The van der Waals surface area contributed by atoms with Crippen LogP contribution in [0.2, 0.25) is 0 Å². The molecule has 8 heteroatoms. The first kappa shape index (κ1) is 15.6. The molecule has 0 bridgehead atoms. The monoisotopic (exact) mass is 297 g/mol. The minimum absolute atomic E-state index is 0.177. The van der Waals surface area contributed by atoms with Crippen molar-refractivity contribution in [3.05, 3.63) is 29.3 Å². The second kappa shape index (κ2) is 6.12. The van der Waals surface area contributed by atoms with E-state index in [1.54, 1.807) is 0 Å². The highest BCUT2D eigenvalue weighted by molar-refractivity contribution is 6.18. The topological polar surface area (TPSA) is 69.6 Å². The Morgan fingerprint density at radius 2 is 2.05 bits per heavy atom. The third-order valence-corrected chi connectivity index (χ3v) is 2.65. The zero-order valence-corrected chi connectivity index (χ0v) is 10.3. The van der Waals surface area contributed by atoms with Crippen molar-refractivity contribution in [3.8, 4) is 0 Å². The van der Waals surface area contributed by atoms with E-state index in [4.69, 9.17) is 16.7 Å². The highest BCUT2D eigenvalue weighted by Crippen LogP contribution is 2.36. The van der Waals surface area contributed by atoms with E-state index in [-0.39, 0.29) is 12.4 Å². The first-order valence-corrected chi connectivity index (χ1v) is 5.72. The van der Waals surface area contributed by atoms with Crippen LogP contribution in [0.25, 0.3) is 0 Å². The number of alkyl halides is 4. The predicted octanol–water partition coefficient (Wildman–Crippen LogP) is 2.42. The molecule has 4 nitrogen and oxygen atoms in total. The Hall–Kier alpha value is -1.47. The van der Waals surface area contributed by atoms with Crippen LogP contribution in [0.15, 0.2) is 18.2 Å². The number of benzene rings is 1. The van der Waals surface area contributed by atoms with E-state index in [9.17, 15) is 23.1 Å². The Kier molecular flexibility index (Phi) is 5.02. The van der Waals surface area contributed by atoms with Crippen molar-refractivity contribution in [1.29, 1.82) is 0 Å². The van der Waals surface area contributed by atoms with Crippen LogP contribution >= 0.6 is 11.6 Å². The number of aliphatic hydroxyl groups is 1. The normalized spacial score (nSPS) is 13.1. The average molecular weight is 298 g/mol. The van der Waals surface area contributed by atoms with Crippen LogP contribution in [0.3, 0.4) is 0 Å². The number of para-hydroxylation sites is 1. The Morgan fingerprint density at radius 3 is 2.53 bits per heavy atom. The van der Waals surface area contributed by atoms with Gasteiger partial charge in [0.1, 0.15) is 0 Å². The van der Waals surface area contributed by atoms with Gasteiger partial charge in [-0.2, -0.15) is 13.2 Å². The van der Waals surface area contributed by atoms with E-state index in [1.165, 1.54) is 0 Å². The number of aromatic carboxylic acids is 1. The van der Waals surface area contributed by atoms with Gasteiger partial charge in [0.25, 0.3) is 0 Å². The van der Waals surface area contributed by atoms with E-state index >= 15 is 0 Å². The quantitative estimate of drug-likeness (QED) is 0.730. The largest absolute Gasteiger partial charge is 0.478 e. The second-order valence-electron chi connectivity index (χ2n) is 3.72. The Bertz CT molecular complexity index is 465. The second-order valence-corrected chi connectivity index (χ2v) is 4.03. The molecule has 0 spiro atoms. The summed E-state index contributed by atoms with van der Waals surface area (Å²) in [5, 5.41) is 20.4. The number of hydrogen-bond acceptors (Lipinski definition) is 3. The maximum absolute atomic E-state index is 12.8. The Balaban J connectivity index is 3.18. The van der Waals surface area contributed by atoms with Crippen molar-refractivity contribution in [2.45, 2.75) is 12.3 Å². The Labute approximate surface area is 111 Å². The number of rotatable bonds is 5. The van der Waals surface area contributed by atoms with Crippen molar-refractivity contribution in [3.63, 3.8) is 0 Å². The summed E-state index contributed by atoms with van der Waals surface area (Å²) in [4.78, 5) is 10.9. The smallest absolute Gasteiger partial charge is 0.418 e. The van der Waals surface area contributed by atoms with Gasteiger partial charge in [-0.25, -0.2) is 4.79 Å². The van der Waals surface area contributed by atoms with Crippen molar-refractivity contribution in [1.82, 2.24) is 0 Å². The predicted molar refractivity (Wildman–Crippen MR) is 63.6 cm³/mol. The molecule has 0 aliphatic carbocycles. The number of hydrogen-bond donors (Lipinski definition) is 3. The van der Waals surface area contributed by atoms with Crippen LogP contribution in [0.4, 0.5) is 18.9 Å². The fourth-order valence-electron chi connectivity index (χ4n) is 1.43. The highest BCUT2D eigenvalue weighted by atomic mass is 35.5. The number of carbonyl (C=O) groups is 1. The summed E-state index contributed by atoms with van der Waals surface area (Å²) < 4.78 is 38.3. The number of halogens is 4. The van der Waals surface area contributed by atoms with Gasteiger partial charge < -0.3 is 15.5 Å². The zero-order valence-electron chi connectivity index (χ0n) is 9.54. The van der Waals surface area contributed by atoms with Crippen molar-refractivity contribution >= 4 is 23.3 Å². The lowest BCUT2D eigenvalue weighted by molar-refractivity contribution is -0.137. The van der Waals surface area contributed by atoms with Gasteiger partial charge in [0.2, 0.25) is 0 Å². The van der Waals surface area contributed by atoms with Gasteiger partial charge in [0.05, 0.1) is 28.8 Å². The van der Waals surface area contributed by atoms with Gasteiger partial charge >= 0.3 is 12.1 Å². The molecule has 1 aromatic carbocycles. The molecule has 0 radical (unpaired) electrons. The van der Waals surface area contributed by atoms with Crippen LogP contribution < -0.4 is 5.32 Å². The number of carboxylic acid groups (broad SMARTS) is 1. The summed E-state index contributed by atoms with van der Waals surface area (Å²) >= 11 is 5.32. The van der Waals surface area contributed by atoms with Crippen LogP contribution in [0.1, 0.15) is 15.9 Å². The standard InChI is InChI=1S/C11H11ClF3NO3/c12-4-6(17)5-16-9-7(10(18)19)2-1-3-8(9)11(13,14)15/h1-3,6,16-17H,4-5H2,(H,18,19). The number of carboxylic acids is 1. The highest BCUT2D eigenvalue weighted by Gasteiger charge is 2.35. The van der Waals surface area contributed by atoms with Crippen molar-refractivity contribution < 1.29 is 28.2 Å². The number of anilines is 1. The lowest BCUT2D eigenvalue weighted by Gasteiger charge is -2.18. The molecule has 3 N–H and O–H groups in total. The number of aliphatic hydroxyl groups excluding tert-OH is 1. The lowest BCUT2D eigenvalue weighted by atomic mass is 10.1. The molecule has 0 aromatic heterocycles. The first-order chi connectivity index (χ1) is 8.77. The molecule has 19 heavy (non-hydrogen) atoms. The number of nitrogens with one attached hydrogen (secondary N) is 1. The summed E-state index contributed by atoms with van der Waals surface area (Å²) in [5.41, 5.74) is -2.20. The van der Waals surface area contributed by atoms with Crippen LogP contribution in [0, 0.1) is 0 Å². The zero-order chi connectivity index (χ0) is 14.6. The molecule has 106 valence electrons. The molecule has 0 fully saturated rings. The van der Waals surface area contributed by atoms with Gasteiger partial charge in [-0.3, -0.25) is 0 Å². The summed E-state index contributed by atoms with van der Waals surface area (Å²) in [7, 11) is 0. The molecular formula is C11H11ClF3NO3. The molecule has 0 saturated carbocycles. The third-order valence-electron chi connectivity index (χ3n) is 2.29. The summed E-state index contributed by atoms with van der Waals surface area (Å²) in [5.74, 6) is -1.67. The van der Waals surface area contributed by atoms with Crippen LogP contribution in [-0.2, 0) is 6.18 Å². The summed E-state index contributed by atoms with van der Waals surface area (Å²) in [6.45, 7) is -0.281. The van der Waals surface area contributed by atoms with E-state index in [0.717, 1.165) is 18.2 Å². The molecule has 1 rings (SSSR count).